The molecule has 1 aliphatic rings. The van der Waals surface area contributed by atoms with Crippen molar-refractivity contribution >= 4 is 27.6 Å². The first-order valence-electron chi connectivity index (χ1n) is 6.33. The molecule has 0 saturated heterocycles. The highest BCUT2D eigenvalue weighted by atomic mass is 35.5. The molecule has 5 nitrogen and oxygen atoms in total. The maximum Gasteiger partial charge on any atom is 0.338 e. The molecule has 1 N–H and O–H groups in total. The van der Waals surface area contributed by atoms with E-state index in [2.05, 4.69) is 0 Å². The summed E-state index contributed by atoms with van der Waals surface area (Å²) in [6.45, 7) is 2.28. The SMILES string of the molecule is CC1CC1CN(C)S(=O)(=O)c1cc(Cl)cc(C(=O)O)c1F. The Hall–Kier alpha value is -1.18. The predicted molar refractivity (Wildman–Crippen MR) is 75.5 cm³/mol. The summed E-state index contributed by atoms with van der Waals surface area (Å²) in [6.07, 6.45) is 0.929. The number of carbonyl (C=O) groups is 1. The lowest BCUT2D eigenvalue weighted by Gasteiger charge is -2.18. The zero-order valence-electron chi connectivity index (χ0n) is 11.5. The summed E-state index contributed by atoms with van der Waals surface area (Å²) in [5.74, 6) is -2.15. The molecule has 0 aromatic heterocycles. The predicted octanol–water partition coefficient (Wildman–Crippen LogP) is 2.45. The Kier molecular flexibility index (Phi) is 4.28. The summed E-state index contributed by atoms with van der Waals surface area (Å²) >= 11 is 5.71. The number of hydrogen-bond donors (Lipinski definition) is 1. The van der Waals surface area contributed by atoms with Gasteiger partial charge in [0.25, 0.3) is 0 Å². The van der Waals surface area contributed by atoms with Crippen molar-refractivity contribution in [2.24, 2.45) is 11.8 Å². The van der Waals surface area contributed by atoms with Gasteiger partial charge in [0.05, 0.1) is 5.56 Å². The minimum Gasteiger partial charge on any atom is -0.478 e. The highest BCUT2D eigenvalue weighted by Crippen LogP contribution is 2.39. The van der Waals surface area contributed by atoms with Crippen molar-refractivity contribution in [1.82, 2.24) is 4.31 Å². The normalized spacial score (nSPS) is 21.6. The summed E-state index contributed by atoms with van der Waals surface area (Å²) in [5, 5.41) is 8.76. The third-order valence-corrected chi connectivity index (χ3v) is 5.73. The molecule has 2 unspecified atom stereocenters. The lowest BCUT2D eigenvalue weighted by Crippen LogP contribution is -2.30. The van der Waals surface area contributed by atoms with Crippen molar-refractivity contribution in [3.8, 4) is 0 Å². The highest BCUT2D eigenvalue weighted by Gasteiger charge is 2.37. The molecule has 1 aromatic carbocycles. The third kappa shape index (κ3) is 3.20. The zero-order chi connectivity index (χ0) is 15.9. The molecule has 0 bridgehead atoms. The van der Waals surface area contributed by atoms with E-state index in [-0.39, 0.29) is 17.5 Å². The summed E-state index contributed by atoms with van der Waals surface area (Å²) in [7, 11) is -2.77. The van der Waals surface area contributed by atoms with Gasteiger partial charge in [-0.25, -0.2) is 21.9 Å². The second kappa shape index (κ2) is 5.55. The van der Waals surface area contributed by atoms with E-state index in [1.165, 1.54) is 7.05 Å². The summed E-state index contributed by atoms with van der Waals surface area (Å²) in [5.41, 5.74) is -0.755. The van der Waals surface area contributed by atoms with Crippen LogP contribution in [0.15, 0.2) is 17.0 Å². The summed E-state index contributed by atoms with van der Waals surface area (Å²) in [4.78, 5) is 10.2. The van der Waals surface area contributed by atoms with Gasteiger partial charge >= 0.3 is 5.97 Å². The number of halogens is 2. The average molecular weight is 336 g/mol. The first kappa shape index (κ1) is 16.2. The first-order valence-corrected chi connectivity index (χ1v) is 8.15. The standard InChI is InChI=1S/C13H15ClFNO4S/c1-7-3-8(7)6-16(2)21(19,20)11-5-9(14)4-10(12(11)15)13(17)18/h4-5,7-8H,3,6H2,1-2H3,(H,17,18). The smallest absolute Gasteiger partial charge is 0.338 e. The molecule has 116 valence electrons. The van der Waals surface area contributed by atoms with Crippen molar-refractivity contribution in [1.29, 1.82) is 0 Å². The van der Waals surface area contributed by atoms with Crippen LogP contribution in [0.5, 0.6) is 0 Å². The maximum absolute atomic E-state index is 14.1. The monoisotopic (exact) mass is 335 g/mol. The molecular formula is C13H15ClFNO4S. The van der Waals surface area contributed by atoms with E-state index in [9.17, 15) is 17.6 Å². The van der Waals surface area contributed by atoms with Gasteiger partial charge in [-0.2, -0.15) is 0 Å². The van der Waals surface area contributed by atoms with Gasteiger partial charge < -0.3 is 5.11 Å². The van der Waals surface area contributed by atoms with Gasteiger partial charge in [0.1, 0.15) is 4.90 Å². The van der Waals surface area contributed by atoms with Crippen LogP contribution in [0.25, 0.3) is 0 Å². The van der Waals surface area contributed by atoms with Crippen LogP contribution in [-0.4, -0.2) is 37.4 Å². The van der Waals surface area contributed by atoms with Crippen LogP contribution >= 0.6 is 11.6 Å². The van der Waals surface area contributed by atoms with Crippen LogP contribution in [0.4, 0.5) is 4.39 Å². The largest absolute Gasteiger partial charge is 0.478 e. The molecular weight excluding hydrogens is 321 g/mol. The molecule has 0 radical (unpaired) electrons. The highest BCUT2D eigenvalue weighted by molar-refractivity contribution is 7.89. The van der Waals surface area contributed by atoms with Crippen molar-refractivity contribution in [3.63, 3.8) is 0 Å². The number of hydrogen-bond acceptors (Lipinski definition) is 3. The topological polar surface area (TPSA) is 74.7 Å². The van der Waals surface area contributed by atoms with E-state index in [0.717, 1.165) is 22.9 Å². The summed E-state index contributed by atoms with van der Waals surface area (Å²) in [6, 6.07) is 1.83. The number of aromatic carboxylic acids is 1. The molecule has 2 rings (SSSR count). The Balaban J connectivity index is 2.41. The van der Waals surface area contributed by atoms with Crippen molar-refractivity contribution in [2.45, 2.75) is 18.2 Å². The number of rotatable bonds is 5. The molecule has 21 heavy (non-hydrogen) atoms. The van der Waals surface area contributed by atoms with Gasteiger partial charge in [-0.15, -0.1) is 0 Å². The Morgan fingerprint density at radius 1 is 1.52 bits per heavy atom. The van der Waals surface area contributed by atoms with E-state index in [4.69, 9.17) is 16.7 Å². The van der Waals surface area contributed by atoms with E-state index in [0.29, 0.717) is 5.92 Å². The minimum absolute atomic E-state index is 0.138. The molecule has 0 amide bonds. The number of sulfonamides is 1. The van der Waals surface area contributed by atoms with Crippen LogP contribution in [0, 0.1) is 17.7 Å². The molecule has 1 aliphatic carbocycles. The van der Waals surface area contributed by atoms with Gasteiger partial charge in [0.2, 0.25) is 10.0 Å². The fraction of sp³-hybridized carbons (Fsp3) is 0.462. The van der Waals surface area contributed by atoms with Crippen molar-refractivity contribution in [2.75, 3.05) is 13.6 Å². The van der Waals surface area contributed by atoms with E-state index in [1.807, 2.05) is 6.92 Å². The van der Waals surface area contributed by atoms with Gasteiger partial charge in [0, 0.05) is 18.6 Å². The second-order valence-corrected chi connectivity index (χ2v) is 7.78. The average Bonchev–Trinajstić information content (AvgIpc) is 3.06. The number of carboxylic acids is 1. The molecule has 1 saturated carbocycles. The van der Waals surface area contributed by atoms with E-state index >= 15 is 0 Å². The fourth-order valence-corrected chi connectivity index (χ4v) is 3.78. The molecule has 2 atom stereocenters. The lowest BCUT2D eigenvalue weighted by molar-refractivity contribution is 0.0691. The minimum atomic E-state index is -4.12. The van der Waals surface area contributed by atoms with E-state index < -0.39 is 32.3 Å². The number of benzene rings is 1. The van der Waals surface area contributed by atoms with Crippen LogP contribution in [0.1, 0.15) is 23.7 Å². The molecule has 8 heteroatoms. The maximum atomic E-state index is 14.1. The van der Waals surface area contributed by atoms with Crippen LogP contribution in [0.2, 0.25) is 5.02 Å². The van der Waals surface area contributed by atoms with Gasteiger partial charge in [-0.3, -0.25) is 0 Å². The third-order valence-electron chi connectivity index (χ3n) is 3.69. The molecule has 1 aromatic rings. The zero-order valence-corrected chi connectivity index (χ0v) is 13.1. The molecule has 0 heterocycles. The van der Waals surface area contributed by atoms with Crippen LogP contribution in [0.3, 0.4) is 0 Å². The van der Waals surface area contributed by atoms with Crippen LogP contribution < -0.4 is 0 Å². The first-order chi connectivity index (χ1) is 9.64. The van der Waals surface area contributed by atoms with Crippen molar-refractivity contribution in [3.05, 3.63) is 28.5 Å². The second-order valence-electron chi connectivity index (χ2n) is 5.33. The Morgan fingerprint density at radius 2 is 2.10 bits per heavy atom. The van der Waals surface area contributed by atoms with Gasteiger partial charge in [-0.05, 0) is 30.4 Å². The lowest BCUT2D eigenvalue weighted by atomic mass is 10.2. The van der Waals surface area contributed by atoms with Gasteiger partial charge in [-0.1, -0.05) is 18.5 Å². The number of carboxylic acid groups (broad SMARTS) is 1. The molecule has 1 fully saturated rings. The Labute approximate surface area is 127 Å². The quantitative estimate of drug-likeness (QED) is 0.897. The van der Waals surface area contributed by atoms with E-state index in [1.54, 1.807) is 0 Å². The molecule has 0 aliphatic heterocycles. The fourth-order valence-electron chi connectivity index (χ4n) is 2.16. The number of nitrogens with zero attached hydrogens (tertiary/aromatic N) is 1. The Morgan fingerprint density at radius 3 is 2.57 bits per heavy atom. The Bertz CT molecular complexity index is 692. The van der Waals surface area contributed by atoms with Crippen LogP contribution in [-0.2, 0) is 10.0 Å². The molecule has 0 spiro atoms. The van der Waals surface area contributed by atoms with Crippen molar-refractivity contribution < 1.29 is 22.7 Å². The summed E-state index contributed by atoms with van der Waals surface area (Å²) < 4.78 is 40.0. The van der Waals surface area contributed by atoms with Gasteiger partial charge in [0.15, 0.2) is 5.82 Å².